The summed E-state index contributed by atoms with van der Waals surface area (Å²) in [5, 5.41) is 3.38. The summed E-state index contributed by atoms with van der Waals surface area (Å²) in [5.74, 6) is -0.349. The molecule has 0 amide bonds. The maximum Gasteiger partial charge on any atom is 0.129 e. The Morgan fingerprint density at radius 3 is 2.50 bits per heavy atom. The smallest absolute Gasteiger partial charge is 0.129 e. The highest BCUT2D eigenvalue weighted by Crippen LogP contribution is 2.17. The zero-order chi connectivity index (χ0) is 13.5. The van der Waals surface area contributed by atoms with Crippen molar-refractivity contribution in [2.75, 3.05) is 6.54 Å². The lowest BCUT2D eigenvalue weighted by atomic mass is 9.94. The topological polar surface area (TPSA) is 12.0 Å². The van der Waals surface area contributed by atoms with Gasteiger partial charge in [-0.1, -0.05) is 33.3 Å². The zero-order valence-electron chi connectivity index (χ0n) is 11.5. The first-order chi connectivity index (χ1) is 8.56. The highest BCUT2D eigenvalue weighted by atomic mass is 19.1. The maximum atomic E-state index is 13.6. The van der Waals surface area contributed by atoms with Crippen molar-refractivity contribution in [3.63, 3.8) is 0 Å². The van der Waals surface area contributed by atoms with E-state index >= 15 is 0 Å². The molecule has 0 fully saturated rings. The van der Waals surface area contributed by atoms with Crippen LogP contribution >= 0.6 is 0 Å². The minimum atomic E-state index is -0.516. The van der Waals surface area contributed by atoms with E-state index in [-0.39, 0.29) is 6.04 Å². The molecule has 0 saturated carbocycles. The van der Waals surface area contributed by atoms with Crippen molar-refractivity contribution in [1.82, 2.24) is 5.32 Å². The van der Waals surface area contributed by atoms with Gasteiger partial charge in [-0.25, -0.2) is 8.78 Å². The summed E-state index contributed by atoms with van der Waals surface area (Å²) >= 11 is 0. The molecule has 0 radical (unpaired) electrons. The summed E-state index contributed by atoms with van der Waals surface area (Å²) in [4.78, 5) is 0. The molecule has 0 heterocycles. The molecule has 0 aliphatic rings. The van der Waals surface area contributed by atoms with Gasteiger partial charge in [0.05, 0.1) is 0 Å². The Morgan fingerprint density at radius 2 is 1.94 bits per heavy atom. The lowest BCUT2D eigenvalue weighted by Gasteiger charge is -2.21. The quantitative estimate of drug-likeness (QED) is 0.778. The van der Waals surface area contributed by atoms with Crippen LogP contribution in [0.2, 0.25) is 0 Å². The summed E-state index contributed by atoms with van der Waals surface area (Å²) in [5.41, 5.74) is 0.589. The third kappa shape index (κ3) is 4.73. The SMILES string of the molecule is CCNC(Cc1ccc(F)cc1F)CC(C)CC. The molecular formula is C15H23F2N. The Morgan fingerprint density at radius 1 is 1.22 bits per heavy atom. The molecule has 0 aliphatic heterocycles. The molecule has 1 aromatic carbocycles. The summed E-state index contributed by atoms with van der Waals surface area (Å²) < 4.78 is 26.4. The third-order valence-electron chi connectivity index (χ3n) is 3.36. The van der Waals surface area contributed by atoms with Gasteiger partial charge in [-0.05, 0) is 36.9 Å². The number of halogens is 2. The van der Waals surface area contributed by atoms with Gasteiger partial charge in [-0.3, -0.25) is 0 Å². The third-order valence-corrected chi connectivity index (χ3v) is 3.36. The molecule has 102 valence electrons. The van der Waals surface area contributed by atoms with Gasteiger partial charge >= 0.3 is 0 Å². The van der Waals surface area contributed by atoms with Crippen molar-refractivity contribution in [3.05, 3.63) is 35.4 Å². The monoisotopic (exact) mass is 255 g/mol. The fourth-order valence-electron chi connectivity index (χ4n) is 2.13. The van der Waals surface area contributed by atoms with E-state index in [9.17, 15) is 8.78 Å². The molecule has 3 heteroatoms. The van der Waals surface area contributed by atoms with Crippen molar-refractivity contribution in [1.29, 1.82) is 0 Å². The van der Waals surface area contributed by atoms with Gasteiger partial charge < -0.3 is 5.32 Å². The van der Waals surface area contributed by atoms with Crippen molar-refractivity contribution in [2.45, 2.75) is 46.1 Å². The van der Waals surface area contributed by atoms with Crippen molar-refractivity contribution >= 4 is 0 Å². The highest BCUT2D eigenvalue weighted by Gasteiger charge is 2.14. The van der Waals surface area contributed by atoms with Gasteiger partial charge in [0.1, 0.15) is 11.6 Å². The van der Waals surface area contributed by atoms with E-state index in [0.717, 1.165) is 25.5 Å². The molecule has 2 atom stereocenters. The van der Waals surface area contributed by atoms with Crippen LogP contribution in [0.15, 0.2) is 18.2 Å². The number of rotatable bonds is 7. The Hall–Kier alpha value is -0.960. The molecule has 1 rings (SSSR count). The van der Waals surface area contributed by atoms with E-state index in [1.54, 1.807) is 6.07 Å². The Labute approximate surface area is 109 Å². The predicted molar refractivity (Wildman–Crippen MR) is 71.6 cm³/mol. The highest BCUT2D eigenvalue weighted by molar-refractivity contribution is 5.19. The standard InChI is InChI=1S/C15H23F2N/c1-4-11(3)8-14(18-5-2)9-12-6-7-13(16)10-15(12)17/h6-7,10-11,14,18H,4-5,8-9H2,1-3H3. The molecule has 1 aromatic rings. The molecule has 0 aliphatic carbocycles. The average Bonchev–Trinajstić information content (AvgIpc) is 2.32. The fourth-order valence-corrected chi connectivity index (χ4v) is 2.13. The Balaban J connectivity index is 2.69. The van der Waals surface area contributed by atoms with Crippen LogP contribution in [-0.4, -0.2) is 12.6 Å². The summed E-state index contributed by atoms with van der Waals surface area (Å²) in [7, 11) is 0. The van der Waals surface area contributed by atoms with Gasteiger partial charge in [-0.2, -0.15) is 0 Å². The molecule has 0 spiro atoms. The van der Waals surface area contributed by atoms with Crippen LogP contribution in [-0.2, 0) is 6.42 Å². The van der Waals surface area contributed by atoms with E-state index in [1.807, 2.05) is 6.92 Å². The molecule has 2 unspecified atom stereocenters. The minimum Gasteiger partial charge on any atom is -0.314 e. The maximum absolute atomic E-state index is 13.6. The van der Waals surface area contributed by atoms with Gasteiger partial charge in [0.2, 0.25) is 0 Å². The largest absolute Gasteiger partial charge is 0.314 e. The number of benzene rings is 1. The molecule has 0 aromatic heterocycles. The van der Waals surface area contributed by atoms with E-state index in [4.69, 9.17) is 0 Å². The first-order valence-corrected chi connectivity index (χ1v) is 6.74. The van der Waals surface area contributed by atoms with Crippen LogP contribution in [0.25, 0.3) is 0 Å². The van der Waals surface area contributed by atoms with E-state index < -0.39 is 11.6 Å². The van der Waals surface area contributed by atoms with Crippen LogP contribution in [0, 0.1) is 17.6 Å². The first kappa shape index (κ1) is 15.1. The summed E-state index contributed by atoms with van der Waals surface area (Å²) in [6.07, 6.45) is 2.75. The van der Waals surface area contributed by atoms with Crippen LogP contribution in [0.3, 0.4) is 0 Å². The Bertz CT molecular complexity index is 366. The van der Waals surface area contributed by atoms with Crippen molar-refractivity contribution < 1.29 is 8.78 Å². The van der Waals surface area contributed by atoms with Gasteiger partial charge in [-0.15, -0.1) is 0 Å². The molecule has 0 bridgehead atoms. The van der Waals surface area contributed by atoms with E-state index in [1.165, 1.54) is 6.07 Å². The zero-order valence-corrected chi connectivity index (χ0v) is 11.5. The van der Waals surface area contributed by atoms with Crippen LogP contribution in [0.4, 0.5) is 8.78 Å². The van der Waals surface area contributed by atoms with E-state index in [0.29, 0.717) is 17.9 Å². The Kier molecular flexibility index (Phi) is 6.27. The van der Waals surface area contributed by atoms with Crippen LogP contribution in [0.1, 0.15) is 39.2 Å². The number of hydrogen-bond donors (Lipinski definition) is 1. The normalized spacial score (nSPS) is 14.5. The molecule has 0 saturated heterocycles. The van der Waals surface area contributed by atoms with Gasteiger partial charge in [0.25, 0.3) is 0 Å². The predicted octanol–water partition coefficient (Wildman–Crippen LogP) is 3.92. The summed E-state index contributed by atoms with van der Waals surface area (Å²) in [6.45, 7) is 7.27. The second kappa shape index (κ2) is 7.47. The number of hydrogen-bond acceptors (Lipinski definition) is 1. The number of nitrogens with one attached hydrogen (secondary N) is 1. The van der Waals surface area contributed by atoms with Gasteiger partial charge in [0, 0.05) is 12.1 Å². The fraction of sp³-hybridized carbons (Fsp3) is 0.600. The van der Waals surface area contributed by atoms with Crippen molar-refractivity contribution in [3.8, 4) is 0 Å². The second-order valence-electron chi connectivity index (χ2n) is 4.94. The lowest BCUT2D eigenvalue weighted by molar-refractivity contribution is 0.393. The van der Waals surface area contributed by atoms with Gasteiger partial charge in [0.15, 0.2) is 0 Å². The van der Waals surface area contributed by atoms with Crippen LogP contribution < -0.4 is 5.32 Å². The van der Waals surface area contributed by atoms with E-state index in [2.05, 4.69) is 19.2 Å². The number of likely N-dealkylation sites (N-methyl/N-ethyl adjacent to an activating group) is 1. The minimum absolute atomic E-state index is 0.255. The van der Waals surface area contributed by atoms with Crippen LogP contribution in [0.5, 0.6) is 0 Å². The molecule has 18 heavy (non-hydrogen) atoms. The molecule has 1 nitrogen and oxygen atoms in total. The lowest BCUT2D eigenvalue weighted by Crippen LogP contribution is -2.32. The second-order valence-corrected chi connectivity index (χ2v) is 4.94. The first-order valence-electron chi connectivity index (χ1n) is 6.74. The van der Waals surface area contributed by atoms with Crippen molar-refractivity contribution in [2.24, 2.45) is 5.92 Å². The average molecular weight is 255 g/mol. The molecular weight excluding hydrogens is 232 g/mol. The summed E-state index contributed by atoms with van der Waals surface area (Å²) in [6, 6.07) is 4.09. The molecule has 1 N–H and O–H groups in total.